The molecule has 0 saturated carbocycles. The van der Waals surface area contributed by atoms with E-state index in [0.717, 1.165) is 23.7 Å². The Hall–Kier alpha value is -0.450. The Balaban J connectivity index is 2.33. The molecule has 0 bridgehead atoms. The lowest BCUT2D eigenvalue weighted by Gasteiger charge is -2.26. The average Bonchev–Trinajstić information content (AvgIpc) is 2.61. The molecule has 4 heteroatoms. The first-order chi connectivity index (χ1) is 7.43. The van der Waals surface area contributed by atoms with Gasteiger partial charge in [0.15, 0.2) is 0 Å². The standard InChI is InChI=1S/C12H22N2OS/c1-9(6-12(3,4)15-5)13-7-11-14-10(2)8-16-11/h8-9,13H,6-7H2,1-5H3. The van der Waals surface area contributed by atoms with E-state index in [4.69, 9.17) is 4.74 Å². The van der Waals surface area contributed by atoms with Crippen molar-refractivity contribution < 1.29 is 4.74 Å². The summed E-state index contributed by atoms with van der Waals surface area (Å²) in [6, 6.07) is 0.430. The summed E-state index contributed by atoms with van der Waals surface area (Å²) >= 11 is 1.71. The van der Waals surface area contributed by atoms with E-state index in [1.807, 2.05) is 6.92 Å². The molecule has 1 atom stereocenters. The number of rotatable bonds is 6. The Bertz CT molecular complexity index is 323. The molecule has 0 spiro atoms. The van der Waals surface area contributed by atoms with Crippen LogP contribution in [0.5, 0.6) is 0 Å². The van der Waals surface area contributed by atoms with Gasteiger partial charge in [0.05, 0.1) is 5.60 Å². The fourth-order valence-corrected chi connectivity index (χ4v) is 2.36. The highest BCUT2D eigenvalue weighted by Gasteiger charge is 2.19. The predicted molar refractivity (Wildman–Crippen MR) is 68.9 cm³/mol. The lowest BCUT2D eigenvalue weighted by Crippen LogP contribution is -2.35. The number of thiazole rings is 1. The molecule has 1 N–H and O–H groups in total. The van der Waals surface area contributed by atoms with E-state index < -0.39 is 0 Å². The molecule has 0 aromatic carbocycles. The highest BCUT2D eigenvalue weighted by molar-refractivity contribution is 7.09. The second-order valence-electron chi connectivity index (χ2n) is 4.83. The molecule has 1 aromatic heterocycles. The van der Waals surface area contributed by atoms with Gasteiger partial charge < -0.3 is 10.1 Å². The number of nitrogens with one attached hydrogen (secondary N) is 1. The van der Waals surface area contributed by atoms with Gasteiger partial charge in [0.25, 0.3) is 0 Å². The van der Waals surface area contributed by atoms with E-state index in [1.54, 1.807) is 18.4 Å². The van der Waals surface area contributed by atoms with Crippen molar-refractivity contribution in [1.82, 2.24) is 10.3 Å². The van der Waals surface area contributed by atoms with Gasteiger partial charge in [-0.3, -0.25) is 0 Å². The molecule has 1 heterocycles. The van der Waals surface area contributed by atoms with Crippen LogP contribution in [0, 0.1) is 6.92 Å². The molecular weight excluding hydrogens is 220 g/mol. The van der Waals surface area contributed by atoms with E-state index >= 15 is 0 Å². The van der Waals surface area contributed by atoms with Gasteiger partial charge >= 0.3 is 0 Å². The van der Waals surface area contributed by atoms with E-state index in [0.29, 0.717) is 6.04 Å². The highest BCUT2D eigenvalue weighted by Crippen LogP contribution is 2.16. The molecule has 16 heavy (non-hydrogen) atoms. The molecule has 0 saturated heterocycles. The number of aryl methyl sites for hydroxylation is 1. The molecule has 0 aliphatic carbocycles. The fourth-order valence-electron chi connectivity index (χ4n) is 1.64. The second kappa shape index (κ2) is 5.75. The van der Waals surface area contributed by atoms with Crippen molar-refractivity contribution in [2.45, 2.75) is 52.3 Å². The molecular formula is C12H22N2OS. The van der Waals surface area contributed by atoms with E-state index in [-0.39, 0.29) is 5.60 Å². The summed E-state index contributed by atoms with van der Waals surface area (Å²) in [5, 5.41) is 6.71. The van der Waals surface area contributed by atoms with Gasteiger partial charge in [-0.2, -0.15) is 0 Å². The van der Waals surface area contributed by atoms with Crippen LogP contribution in [0.2, 0.25) is 0 Å². The summed E-state index contributed by atoms with van der Waals surface area (Å²) in [5.41, 5.74) is 1.04. The molecule has 92 valence electrons. The normalized spacial score (nSPS) is 14.1. The highest BCUT2D eigenvalue weighted by atomic mass is 32.1. The third-order valence-electron chi connectivity index (χ3n) is 2.62. The smallest absolute Gasteiger partial charge is 0.107 e. The zero-order valence-corrected chi connectivity index (χ0v) is 11.6. The zero-order valence-electron chi connectivity index (χ0n) is 10.8. The molecule has 0 aliphatic heterocycles. The minimum atomic E-state index is -0.0643. The third kappa shape index (κ3) is 4.60. The molecule has 1 rings (SSSR count). The molecule has 3 nitrogen and oxygen atoms in total. The van der Waals surface area contributed by atoms with Gasteiger partial charge in [0, 0.05) is 30.8 Å². The lowest BCUT2D eigenvalue weighted by molar-refractivity contribution is 0.00844. The summed E-state index contributed by atoms with van der Waals surface area (Å²) in [4.78, 5) is 4.42. The maximum absolute atomic E-state index is 5.41. The molecule has 1 unspecified atom stereocenters. The Morgan fingerprint density at radius 2 is 2.25 bits per heavy atom. The third-order valence-corrected chi connectivity index (χ3v) is 3.59. The number of nitrogens with zero attached hydrogens (tertiary/aromatic N) is 1. The Morgan fingerprint density at radius 1 is 1.56 bits per heavy atom. The summed E-state index contributed by atoms with van der Waals surface area (Å²) in [7, 11) is 1.76. The van der Waals surface area contributed by atoms with Gasteiger partial charge in [0.1, 0.15) is 5.01 Å². The summed E-state index contributed by atoms with van der Waals surface area (Å²) in [6.45, 7) is 9.27. The Labute approximate surface area is 102 Å². The average molecular weight is 242 g/mol. The topological polar surface area (TPSA) is 34.1 Å². The van der Waals surface area contributed by atoms with Crippen LogP contribution in [0.1, 0.15) is 37.9 Å². The van der Waals surface area contributed by atoms with Crippen molar-refractivity contribution in [3.05, 3.63) is 16.1 Å². The van der Waals surface area contributed by atoms with Crippen LogP contribution in [0.4, 0.5) is 0 Å². The second-order valence-corrected chi connectivity index (χ2v) is 5.78. The fraction of sp³-hybridized carbons (Fsp3) is 0.750. The molecule has 0 fully saturated rings. The first-order valence-electron chi connectivity index (χ1n) is 5.62. The van der Waals surface area contributed by atoms with Crippen molar-refractivity contribution in [2.75, 3.05) is 7.11 Å². The van der Waals surface area contributed by atoms with Crippen LogP contribution in [0.3, 0.4) is 0 Å². The van der Waals surface area contributed by atoms with Gasteiger partial charge in [0.2, 0.25) is 0 Å². The van der Waals surface area contributed by atoms with E-state index in [1.165, 1.54) is 0 Å². The number of hydrogen-bond donors (Lipinski definition) is 1. The van der Waals surface area contributed by atoms with Crippen molar-refractivity contribution in [3.63, 3.8) is 0 Å². The van der Waals surface area contributed by atoms with Crippen LogP contribution in [0.15, 0.2) is 5.38 Å². The van der Waals surface area contributed by atoms with E-state index in [2.05, 4.69) is 36.5 Å². The Kier molecular flexibility index (Phi) is 4.89. The van der Waals surface area contributed by atoms with Crippen molar-refractivity contribution in [3.8, 4) is 0 Å². The zero-order chi connectivity index (χ0) is 12.2. The van der Waals surface area contributed by atoms with Crippen molar-refractivity contribution >= 4 is 11.3 Å². The van der Waals surface area contributed by atoms with Crippen molar-refractivity contribution in [1.29, 1.82) is 0 Å². The van der Waals surface area contributed by atoms with Gasteiger partial charge in [-0.15, -0.1) is 11.3 Å². The van der Waals surface area contributed by atoms with Crippen LogP contribution in [-0.4, -0.2) is 23.7 Å². The molecule has 0 amide bonds. The van der Waals surface area contributed by atoms with Crippen LogP contribution < -0.4 is 5.32 Å². The molecule has 1 aromatic rings. The number of methoxy groups -OCH3 is 1. The molecule has 0 aliphatic rings. The summed E-state index contributed by atoms with van der Waals surface area (Å²) in [6.07, 6.45) is 0.994. The number of hydrogen-bond acceptors (Lipinski definition) is 4. The largest absolute Gasteiger partial charge is 0.379 e. The molecule has 0 radical (unpaired) electrons. The minimum absolute atomic E-state index is 0.0643. The van der Waals surface area contributed by atoms with Gasteiger partial charge in [-0.05, 0) is 34.1 Å². The first-order valence-corrected chi connectivity index (χ1v) is 6.50. The van der Waals surface area contributed by atoms with Crippen LogP contribution in [0.25, 0.3) is 0 Å². The Morgan fingerprint density at radius 3 is 2.75 bits per heavy atom. The minimum Gasteiger partial charge on any atom is -0.379 e. The van der Waals surface area contributed by atoms with Crippen molar-refractivity contribution in [2.24, 2.45) is 0 Å². The lowest BCUT2D eigenvalue weighted by atomic mass is 10.00. The monoisotopic (exact) mass is 242 g/mol. The quantitative estimate of drug-likeness (QED) is 0.833. The maximum Gasteiger partial charge on any atom is 0.107 e. The van der Waals surface area contributed by atoms with Crippen LogP contribution in [-0.2, 0) is 11.3 Å². The first kappa shape index (κ1) is 13.6. The summed E-state index contributed by atoms with van der Waals surface area (Å²) < 4.78 is 5.41. The maximum atomic E-state index is 5.41. The van der Waals surface area contributed by atoms with E-state index in [9.17, 15) is 0 Å². The summed E-state index contributed by atoms with van der Waals surface area (Å²) in [5.74, 6) is 0. The number of ether oxygens (including phenoxy) is 1. The van der Waals surface area contributed by atoms with Gasteiger partial charge in [-0.25, -0.2) is 4.98 Å². The van der Waals surface area contributed by atoms with Crippen LogP contribution >= 0.6 is 11.3 Å². The number of aromatic nitrogens is 1. The predicted octanol–water partition coefficient (Wildman–Crippen LogP) is 2.74. The SMILES string of the molecule is COC(C)(C)CC(C)NCc1nc(C)cs1. The van der Waals surface area contributed by atoms with Gasteiger partial charge in [-0.1, -0.05) is 0 Å².